The highest BCUT2D eigenvalue weighted by Gasteiger charge is 2.14. The van der Waals surface area contributed by atoms with Gasteiger partial charge in [-0.15, -0.1) is 11.3 Å². The first kappa shape index (κ1) is 18.2. The lowest BCUT2D eigenvalue weighted by molar-refractivity contribution is -0.124. The molecule has 0 saturated heterocycles. The predicted octanol–water partition coefficient (Wildman–Crippen LogP) is 3.79. The van der Waals surface area contributed by atoms with Crippen LogP contribution in [0.1, 0.15) is 44.6 Å². The zero-order valence-corrected chi connectivity index (χ0v) is 15.2. The number of amides is 1. The summed E-state index contributed by atoms with van der Waals surface area (Å²) in [5.41, 5.74) is 3.37. The molecule has 0 fully saturated rings. The molecule has 2 aromatic rings. The third kappa shape index (κ3) is 5.20. The summed E-state index contributed by atoms with van der Waals surface area (Å²) in [7, 11) is 0. The molecule has 1 amide bonds. The number of esters is 1. The summed E-state index contributed by atoms with van der Waals surface area (Å²) in [5.74, 6) is -0.734. The van der Waals surface area contributed by atoms with Crippen LogP contribution >= 0.6 is 11.3 Å². The Morgan fingerprint density at radius 2 is 1.88 bits per heavy atom. The number of hydrogen-bond donors (Lipinski definition) is 1. The second-order valence-corrected chi connectivity index (χ2v) is 7.04. The van der Waals surface area contributed by atoms with Gasteiger partial charge in [-0.3, -0.25) is 4.79 Å². The molecule has 0 radical (unpaired) electrons. The van der Waals surface area contributed by atoms with Crippen molar-refractivity contribution in [2.24, 2.45) is 0 Å². The van der Waals surface area contributed by atoms with Crippen LogP contribution in [0, 0.1) is 13.8 Å². The van der Waals surface area contributed by atoms with Gasteiger partial charge in [-0.1, -0.05) is 43.2 Å². The maximum Gasteiger partial charge on any atom is 0.348 e. The minimum Gasteiger partial charge on any atom is -0.451 e. The molecule has 0 aliphatic carbocycles. The number of rotatable bonds is 7. The minimum absolute atomic E-state index is 0.259. The quantitative estimate of drug-likeness (QED) is 0.777. The van der Waals surface area contributed by atoms with Crippen LogP contribution in [-0.2, 0) is 22.5 Å². The molecule has 0 aliphatic rings. The van der Waals surface area contributed by atoms with Gasteiger partial charge < -0.3 is 10.1 Å². The summed E-state index contributed by atoms with van der Waals surface area (Å²) >= 11 is 1.42. The average Bonchev–Trinajstić information content (AvgIpc) is 2.93. The van der Waals surface area contributed by atoms with Crippen molar-refractivity contribution >= 4 is 23.2 Å². The average molecular weight is 345 g/mol. The minimum atomic E-state index is -0.434. The van der Waals surface area contributed by atoms with E-state index in [1.165, 1.54) is 22.5 Å². The number of carbonyl (C=O) groups is 2. The van der Waals surface area contributed by atoms with Crippen LogP contribution in [-0.4, -0.2) is 18.5 Å². The zero-order valence-electron chi connectivity index (χ0n) is 14.3. The molecule has 0 saturated carbocycles. The zero-order chi connectivity index (χ0) is 17.5. The van der Waals surface area contributed by atoms with E-state index in [-0.39, 0.29) is 12.5 Å². The molecule has 0 spiro atoms. The molecular weight excluding hydrogens is 322 g/mol. The van der Waals surface area contributed by atoms with Crippen LogP contribution in [0.25, 0.3) is 0 Å². The van der Waals surface area contributed by atoms with E-state index in [0.717, 1.165) is 23.3 Å². The van der Waals surface area contributed by atoms with Gasteiger partial charge in [0.1, 0.15) is 4.88 Å². The van der Waals surface area contributed by atoms with Gasteiger partial charge in [-0.25, -0.2) is 4.79 Å². The summed E-state index contributed by atoms with van der Waals surface area (Å²) in [6.07, 6.45) is 1.99. The van der Waals surface area contributed by atoms with E-state index in [2.05, 4.69) is 12.2 Å². The fourth-order valence-corrected chi connectivity index (χ4v) is 3.26. The summed E-state index contributed by atoms with van der Waals surface area (Å²) in [6, 6.07) is 9.79. The number of carbonyl (C=O) groups excluding carboxylic acids is 2. The van der Waals surface area contributed by atoms with E-state index >= 15 is 0 Å². The topological polar surface area (TPSA) is 55.4 Å². The van der Waals surface area contributed by atoms with E-state index in [4.69, 9.17) is 4.74 Å². The van der Waals surface area contributed by atoms with Gasteiger partial charge in [-0.2, -0.15) is 0 Å². The Morgan fingerprint density at radius 1 is 1.17 bits per heavy atom. The maximum atomic E-state index is 12.0. The van der Waals surface area contributed by atoms with E-state index in [1.807, 2.05) is 44.2 Å². The first-order valence-corrected chi connectivity index (χ1v) is 8.90. The smallest absolute Gasteiger partial charge is 0.348 e. The normalized spacial score (nSPS) is 10.5. The Labute approximate surface area is 146 Å². The van der Waals surface area contributed by atoms with Crippen LogP contribution in [0.4, 0.5) is 0 Å². The van der Waals surface area contributed by atoms with Gasteiger partial charge in [0, 0.05) is 11.4 Å². The summed E-state index contributed by atoms with van der Waals surface area (Å²) < 4.78 is 5.10. The fraction of sp³-hybridized carbons (Fsp3) is 0.368. The molecule has 1 heterocycles. The van der Waals surface area contributed by atoms with Gasteiger partial charge in [0.2, 0.25) is 0 Å². The number of benzene rings is 1. The molecule has 24 heavy (non-hydrogen) atoms. The number of thiophene rings is 1. The second kappa shape index (κ2) is 8.64. The van der Waals surface area contributed by atoms with Crippen molar-refractivity contribution in [2.75, 3.05) is 6.61 Å². The van der Waals surface area contributed by atoms with Gasteiger partial charge in [0.25, 0.3) is 5.91 Å². The third-order valence-corrected chi connectivity index (χ3v) is 4.76. The highest BCUT2D eigenvalue weighted by atomic mass is 32.1. The molecule has 1 N–H and O–H groups in total. The van der Waals surface area contributed by atoms with Gasteiger partial charge in [0.15, 0.2) is 6.61 Å². The third-order valence-electron chi connectivity index (χ3n) is 3.69. The Kier molecular flexibility index (Phi) is 6.55. The maximum absolute atomic E-state index is 12.0. The molecule has 5 heteroatoms. The Bertz CT molecular complexity index is 704. The molecule has 0 bridgehead atoms. The standard InChI is InChI=1S/C19H23NO3S/c1-4-5-16-10-17(24-14(16)3)19(22)23-12-18(21)20-11-15-8-6-13(2)7-9-15/h6-10H,4-5,11-12H2,1-3H3,(H,20,21). The Morgan fingerprint density at radius 3 is 2.54 bits per heavy atom. The van der Waals surface area contributed by atoms with E-state index in [9.17, 15) is 9.59 Å². The van der Waals surface area contributed by atoms with Crippen molar-refractivity contribution < 1.29 is 14.3 Å². The second-order valence-electron chi connectivity index (χ2n) is 5.78. The van der Waals surface area contributed by atoms with Crippen molar-refractivity contribution in [3.8, 4) is 0 Å². The molecule has 128 valence electrons. The summed E-state index contributed by atoms with van der Waals surface area (Å²) in [4.78, 5) is 25.5. The first-order valence-electron chi connectivity index (χ1n) is 8.08. The first-order chi connectivity index (χ1) is 11.5. The number of ether oxygens (including phenoxy) is 1. The van der Waals surface area contributed by atoms with Crippen LogP contribution < -0.4 is 5.32 Å². The summed E-state index contributed by atoms with van der Waals surface area (Å²) in [6.45, 7) is 6.29. The molecule has 1 aromatic carbocycles. The Hall–Kier alpha value is -2.14. The van der Waals surface area contributed by atoms with Crippen LogP contribution in [0.3, 0.4) is 0 Å². The number of aryl methyl sites for hydroxylation is 3. The van der Waals surface area contributed by atoms with E-state index in [1.54, 1.807) is 0 Å². The molecule has 0 aliphatic heterocycles. The van der Waals surface area contributed by atoms with E-state index in [0.29, 0.717) is 11.4 Å². The lowest BCUT2D eigenvalue weighted by atomic mass is 10.1. The van der Waals surface area contributed by atoms with E-state index < -0.39 is 5.97 Å². The van der Waals surface area contributed by atoms with Gasteiger partial charge in [-0.05, 0) is 37.5 Å². The number of nitrogens with one attached hydrogen (secondary N) is 1. The number of hydrogen-bond acceptors (Lipinski definition) is 4. The van der Waals surface area contributed by atoms with Gasteiger partial charge in [0.05, 0.1) is 0 Å². The lowest BCUT2D eigenvalue weighted by Gasteiger charge is -2.06. The lowest BCUT2D eigenvalue weighted by Crippen LogP contribution is -2.28. The highest BCUT2D eigenvalue weighted by molar-refractivity contribution is 7.14. The Balaban J connectivity index is 1.79. The van der Waals surface area contributed by atoms with Crippen molar-refractivity contribution in [1.82, 2.24) is 5.32 Å². The molecule has 4 nitrogen and oxygen atoms in total. The fourth-order valence-electron chi connectivity index (χ4n) is 2.30. The molecule has 1 aromatic heterocycles. The molecule has 0 unspecified atom stereocenters. The monoisotopic (exact) mass is 345 g/mol. The van der Waals surface area contributed by atoms with Crippen molar-refractivity contribution in [2.45, 2.75) is 40.2 Å². The van der Waals surface area contributed by atoms with Crippen molar-refractivity contribution in [3.63, 3.8) is 0 Å². The molecule has 2 rings (SSSR count). The molecule has 0 atom stereocenters. The predicted molar refractivity (Wildman–Crippen MR) is 96.4 cm³/mol. The van der Waals surface area contributed by atoms with Crippen LogP contribution in [0.5, 0.6) is 0 Å². The molecular formula is C19H23NO3S. The van der Waals surface area contributed by atoms with Crippen molar-refractivity contribution in [1.29, 1.82) is 0 Å². The SMILES string of the molecule is CCCc1cc(C(=O)OCC(=O)NCc2ccc(C)cc2)sc1C. The van der Waals surface area contributed by atoms with Crippen LogP contribution in [0.15, 0.2) is 30.3 Å². The largest absolute Gasteiger partial charge is 0.451 e. The van der Waals surface area contributed by atoms with Crippen LogP contribution in [0.2, 0.25) is 0 Å². The van der Waals surface area contributed by atoms with Crippen molar-refractivity contribution in [3.05, 3.63) is 56.8 Å². The summed E-state index contributed by atoms with van der Waals surface area (Å²) in [5, 5.41) is 2.75. The highest BCUT2D eigenvalue weighted by Crippen LogP contribution is 2.23. The van der Waals surface area contributed by atoms with Gasteiger partial charge >= 0.3 is 5.97 Å².